The van der Waals surface area contributed by atoms with Gasteiger partial charge in [0.2, 0.25) is 5.85 Å². The fourth-order valence-electron chi connectivity index (χ4n) is 1.05. The van der Waals surface area contributed by atoms with Crippen molar-refractivity contribution >= 4 is 0 Å². The van der Waals surface area contributed by atoms with E-state index in [1.54, 1.807) is 0 Å². The number of alkyl halides is 1. The minimum Gasteiger partial charge on any atom is -0.347 e. The van der Waals surface area contributed by atoms with Gasteiger partial charge >= 0.3 is 0 Å². The van der Waals surface area contributed by atoms with E-state index in [0.717, 1.165) is 25.7 Å². The van der Waals surface area contributed by atoms with Gasteiger partial charge in [0, 0.05) is 13.5 Å². The Morgan fingerprint density at radius 1 is 1.33 bits per heavy atom. The Balaban J connectivity index is 3.45. The maximum atomic E-state index is 13.1. The van der Waals surface area contributed by atoms with Crippen molar-refractivity contribution in [1.82, 2.24) is 0 Å². The van der Waals surface area contributed by atoms with Crippen LogP contribution in [0.2, 0.25) is 0 Å². The van der Waals surface area contributed by atoms with E-state index < -0.39 is 12.5 Å². The Morgan fingerprint density at radius 2 is 2.00 bits per heavy atom. The van der Waals surface area contributed by atoms with E-state index in [9.17, 15) is 9.50 Å². The maximum absolute atomic E-state index is 13.1. The fraction of sp³-hybridized carbons (Fsp3) is 1.00. The first-order valence-electron chi connectivity index (χ1n) is 4.50. The van der Waals surface area contributed by atoms with Gasteiger partial charge in [-0.25, -0.2) is 9.50 Å². The van der Waals surface area contributed by atoms with Gasteiger partial charge in [0.15, 0.2) is 0 Å². The predicted molar refractivity (Wildman–Crippen MR) is 45.2 cm³/mol. The van der Waals surface area contributed by atoms with Crippen molar-refractivity contribution in [2.24, 2.45) is 0 Å². The summed E-state index contributed by atoms with van der Waals surface area (Å²) in [4.78, 5) is 0. The summed E-state index contributed by atoms with van der Waals surface area (Å²) in [6.07, 6.45) is 4.15. The molecule has 2 nitrogen and oxygen atoms in total. The van der Waals surface area contributed by atoms with Crippen LogP contribution in [0.25, 0.3) is 0 Å². The number of hydrogen-bond acceptors (Lipinski definition) is 1. The first kappa shape index (κ1) is 11.8. The first-order chi connectivity index (χ1) is 5.68. The van der Waals surface area contributed by atoms with Crippen LogP contribution in [-0.2, 0) is 9.84 Å². The molecule has 12 heavy (non-hydrogen) atoms. The molecule has 0 rings (SSSR count). The normalized spacial score (nSPS) is 16.0. The molecule has 0 aromatic carbocycles. The lowest BCUT2D eigenvalue weighted by Gasteiger charge is -2.19. The summed E-state index contributed by atoms with van der Waals surface area (Å²) in [6.45, 7) is 1.29. The molecule has 0 amide bonds. The van der Waals surface area contributed by atoms with Crippen LogP contribution in [0.3, 0.4) is 0 Å². The van der Waals surface area contributed by atoms with Crippen LogP contribution >= 0.6 is 0 Å². The molecule has 0 spiro atoms. The highest BCUT2D eigenvalue weighted by molar-refractivity contribution is 4.65. The molecule has 73 valence electrons. The molecular formula is C9H18FO2. The summed E-state index contributed by atoms with van der Waals surface area (Å²) in [5, 5.41) is 10.3. The molecule has 0 aliphatic carbocycles. The summed E-state index contributed by atoms with van der Waals surface area (Å²) >= 11 is 0. The topological polar surface area (TPSA) is 29.1 Å². The highest BCUT2D eigenvalue weighted by atomic mass is 19.2. The van der Waals surface area contributed by atoms with Gasteiger partial charge in [0.05, 0.1) is 0 Å². The SMILES string of the molecule is CCCCCCC(F)(C[O])OC. The summed E-state index contributed by atoms with van der Waals surface area (Å²) < 4.78 is 17.6. The third kappa shape index (κ3) is 4.67. The molecular weight excluding hydrogens is 159 g/mol. The molecule has 0 aromatic rings. The third-order valence-corrected chi connectivity index (χ3v) is 1.99. The zero-order valence-corrected chi connectivity index (χ0v) is 7.94. The molecule has 0 heterocycles. The lowest BCUT2D eigenvalue weighted by Crippen LogP contribution is -2.29. The molecule has 3 heteroatoms. The van der Waals surface area contributed by atoms with E-state index in [4.69, 9.17) is 0 Å². The van der Waals surface area contributed by atoms with Gasteiger partial charge < -0.3 is 4.74 Å². The van der Waals surface area contributed by atoms with Crippen LogP contribution < -0.4 is 0 Å². The minimum absolute atomic E-state index is 0.229. The van der Waals surface area contributed by atoms with Crippen LogP contribution in [0.4, 0.5) is 4.39 Å². The largest absolute Gasteiger partial charge is 0.347 e. The van der Waals surface area contributed by atoms with E-state index in [-0.39, 0.29) is 6.42 Å². The number of methoxy groups -OCH3 is 1. The molecule has 0 saturated carbocycles. The zero-order chi connectivity index (χ0) is 9.45. The van der Waals surface area contributed by atoms with Gasteiger partial charge in [0.25, 0.3) is 0 Å². The molecule has 0 saturated heterocycles. The van der Waals surface area contributed by atoms with Crippen molar-refractivity contribution < 1.29 is 14.2 Å². The van der Waals surface area contributed by atoms with Crippen molar-refractivity contribution in [1.29, 1.82) is 0 Å². The average molecular weight is 177 g/mol. The molecule has 1 unspecified atom stereocenters. The van der Waals surface area contributed by atoms with Gasteiger partial charge in [0.1, 0.15) is 6.61 Å². The van der Waals surface area contributed by atoms with E-state index in [2.05, 4.69) is 11.7 Å². The maximum Gasteiger partial charge on any atom is 0.235 e. The van der Waals surface area contributed by atoms with Gasteiger partial charge in [-0.3, -0.25) is 0 Å². The molecule has 0 aliphatic heterocycles. The Kier molecular flexibility index (Phi) is 6.30. The predicted octanol–water partition coefficient (Wildman–Crippen LogP) is 2.70. The monoisotopic (exact) mass is 177 g/mol. The van der Waals surface area contributed by atoms with Crippen LogP contribution in [0.1, 0.15) is 39.0 Å². The smallest absolute Gasteiger partial charge is 0.235 e. The highest BCUT2D eigenvalue weighted by Crippen LogP contribution is 2.20. The van der Waals surface area contributed by atoms with Crippen molar-refractivity contribution in [3.8, 4) is 0 Å². The molecule has 0 aromatic heterocycles. The second kappa shape index (κ2) is 6.38. The van der Waals surface area contributed by atoms with Crippen molar-refractivity contribution in [2.75, 3.05) is 13.7 Å². The second-order valence-electron chi connectivity index (χ2n) is 3.04. The number of halogens is 1. The first-order valence-corrected chi connectivity index (χ1v) is 4.50. The quantitative estimate of drug-likeness (QED) is 0.550. The number of hydrogen-bond donors (Lipinski definition) is 0. The lowest BCUT2D eigenvalue weighted by atomic mass is 10.1. The fourth-order valence-corrected chi connectivity index (χ4v) is 1.05. The molecule has 0 fully saturated rings. The molecule has 0 aliphatic rings. The highest BCUT2D eigenvalue weighted by Gasteiger charge is 2.27. The van der Waals surface area contributed by atoms with E-state index in [1.807, 2.05) is 0 Å². The van der Waals surface area contributed by atoms with Gasteiger partial charge in [-0.15, -0.1) is 0 Å². The summed E-state index contributed by atoms with van der Waals surface area (Å²) in [7, 11) is 1.25. The average Bonchev–Trinajstić information content (AvgIpc) is 2.12. The number of ether oxygens (including phenoxy) is 1. The molecule has 1 radical (unpaired) electrons. The molecule has 0 bridgehead atoms. The summed E-state index contributed by atoms with van der Waals surface area (Å²) in [5.41, 5.74) is 0. The number of rotatable bonds is 7. The van der Waals surface area contributed by atoms with Gasteiger partial charge in [-0.1, -0.05) is 26.2 Å². The van der Waals surface area contributed by atoms with Crippen LogP contribution in [0.5, 0.6) is 0 Å². The molecule has 0 N–H and O–H groups in total. The Hall–Kier alpha value is -0.150. The van der Waals surface area contributed by atoms with Crippen molar-refractivity contribution in [3.05, 3.63) is 0 Å². The van der Waals surface area contributed by atoms with Gasteiger partial charge in [-0.2, -0.15) is 0 Å². The van der Waals surface area contributed by atoms with Crippen molar-refractivity contribution in [3.63, 3.8) is 0 Å². The second-order valence-corrected chi connectivity index (χ2v) is 3.04. The van der Waals surface area contributed by atoms with Crippen LogP contribution in [0, 0.1) is 0 Å². The third-order valence-electron chi connectivity index (χ3n) is 1.99. The van der Waals surface area contributed by atoms with Crippen molar-refractivity contribution in [2.45, 2.75) is 44.9 Å². The number of unbranched alkanes of at least 4 members (excludes halogenated alkanes) is 3. The molecule has 1 atom stereocenters. The van der Waals surface area contributed by atoms with Crippen LogP contribution in [-0.4, -0.2) is 19.6 Å². The zero-order valence-electron chi connectivity index (χ0n) is 7.94. The Labute approximate surface area is 73.7 Å². The van der Waals surface area contributed by atoms with E-state index in [0.29, 0.717) is 0 Å². The summed E-state index contributed by atoms with van der Waals surface area (Å²) in [5.74, 6) is -1.92. The van der Waals surface area contributed by atoms with E-state index >= 15 is 0 Å². The minimum atomic E-state index is -1.92. The summed E-state index contributed by atoms with van der Waals surface area (Å²) in [6, 6.07) is 0. The Morgan fingerprint density at radius 3 is 2.42 bits per heavy atom. The lowest BCUT2D eigenvalue weighted by molar-refractivity contribution is -0.168. The van der Waals surface area contributed by atoms with Crippen LogP contribution in [0.15, 0.2) is 0 Å². The van der Waals surface area contributed by atoms with Gasteiger partial charge in [-0.05, 0) is 6.42 Å². The standard InChI is InChI=1S/C9H18FO2/c1-3-4-5-6-7-9(10,8-11)12-2/h3-8H2,1-2H3. The van der Waals surface area contributed by atoms with E-state index in [1.165, 1.54) is 7.11 Å². The Bertz CT molecular complexity index is 103.